The highest BCUT2D eigenvalue weighted by Gasteiger charge is 2.32. The van der Waals surface area contributed by atoms with E-state index in [9.17, 15) is 13.2 Å². The van der Waals surface area contributed by atoms with Gasteiger partial charge in [0.25, 0.3) is 0 Å². The number of nitrogens with zero attached hydrogens (tertiary/aromatic N) is 3. The van der Waals surface area contributed by atoms with E-state index in [0.29, 0.717) is 19.3 Å². The zero-order valence-electron chi connectivity index (χ0n) is 13.4. The Bertz CT molecular complexity index is 818. The van der Waals surface area contributed by atoms with Crippen LogP contribution < -0.4 is 0 Å². The molecule has 1 fully saturated rings. The van der Waals surface area contributed by atoms with E-state index in [0.717, 1.165) is 16.4 Å². The Labute approximate surface area is 145 Å². The second kappa shape index (κ2) is 6.98. The fraction of sp³-hybridized carbons (Fsp3) is 0.438. The molecule has 1 atom stereocenters. The zero-order chi connectivity index (χ0) is 17.2. The van der Waals surface area contributed by atoms with Gasteiger partial charge in [0.15, 0.2) is 9.84 Å². The number of aromatic nitrogens is 2. The van der Waals surface area contributed by atoms with Crippen LogP contribution in [0.1, 0.15) is 18.5 Å². The monoisotopic (exact) mass is 365 g/mol. The van der Waals surface area contributed by atoms with Crippen molar-refractivity contribution in [2.45, 2.75) is 25.3 Å². The summed E-state index contributed by atoms with van der Waals surface area (Å²) in [4.78, 5) is 22.7. The predicted molar refractivity (Wildman–Crippen MR) is 93.5 cm³/mol. The van der Waals surface area contributed by atoms with Crippen molar-refractivity contribution in [2.24, 2.45) is 0 Å². The summed E-state index contributed by atoms with van der Waals surface area (Å²) in [6.45, 7) is 0. The Morgan fingerprint density at radius 3 is 2.92 bits per heavy atom. The lowest BCUT2D eigenvalue weighted by Crippen LogP contribution is -2.37. The molecule has 0 saturated carbocycles. The van der Waals surface area contributed by atoms with Gasteiger partial charge in [-0.2, -0.15) is 0 Å². The van der Waals surface area contributed by atoms with Crippen molar-refractivity contribution in [3.05, 3.63) is 35.5 Å². The highest BCUT2D eigenvalue weighted by Crippen LogP contribution is 2.22. The molecule has 1 unspecified atom stereocenters. The molecule has 128 valence electrons. The predicted octanol–water partition coefficient (Wildman–Crippen LogP) is 1.78. The minimum absolute atomic E-state index is 0.0375. The molecule has 1 saturated heterocycles. The Hall–Kier alpha value is -1.80. The first-order valence-corrected chi connectivity index (χ1v) is 10.5. The Balaban J connectivity index is 1.56. The molecule has 3 rings (SSSR count). The van der Waals surface area contributed by atoms with Gasteiger partial charge in [-0.25, -0.2) is 13.4 Å². The lowest BCUT2D eigenvalue weighted by molar-refractivity contribution is -0.131. The van der Waals surface area contributed by atoms with Crippen molar-refractivity contribution < 1.29 is 13.2 Å². The van der Waals surface area contributed by atoms with E-state index in [1.165, 1.54) is 11.3 Å². The topological polar surface area (TPSA) is 80.2 Å². The molecule has 0 radical (unpaired) electrons. The Morgan fingerprint density at radius 2 is 2.25 bits per heavy atom. The smallest absolute Gasteiger partial charge is 0.222 e. The van der Waals surface area contributed by atoms with Crippen LogP contribution in [-0.2, 0) is 21.1 Å². The lowest BCUT2D eigenvalue weighted by Gasteiger charge is -2.23. The molecule has 24 heavy (non-hydrogen) atoms. The molecule has 0 N–H and O–H groups in total. The third kappa shape index (κ3) is 3.99. The fourth-order valence-electron chi connectivity index (χ4n) is 2.72. The van der Waals surface area contributed by atoms with Crippen LogP contribution in [0.15, 0.2) is 29.8 Å². The molecular formula is C16H19N3O3S2. The molecule has 2 aromatic rings. The van der Waals surface area contributed by atoms with Crippen molar-refractivity contribution >= 4 is 27.1 Å². The van der Waals surface area contributed by atoms with E-state index >= 15 is 0 Å². The second-order valence-electron chi connectivity index (χ2n) is 5.92. The van der Waals surface area contributed by atoms with Gasteiger partial charge in [0, 0.05) is 31.1 Å². The van der Waals surface area contributed by atoms with Gasteiger partial charge >= 0.3 is 0 Å². The van der Waals surface area contributed by atoms with Gasteiger partial charge in [-0.1, -0.05) is 6.07 Å². The minimum atomic E-state index is -2.98. The maximum Gasteiger partial charge on any atom is 0.222 e. The van der Waals surface area contributed by atoms with Gasteiger partial charge in [-0.05, 0) is 25.0 Å². The highest BCUT2D eigenvalue weighted by molar-refractivity contribution is 7.91. The summed E-state index contributed by atoms with van der Waals surface area (Å²) in [5.41, 5.74) is 1.69. The largest absolute Gasteiger partial charge is 0.342 e. The fourth-order valence-corrected chi connectivity index (χ4v) is 5.33. The van der Waals surface area contributed by atoms with E-state index in [-0.39, 0.29) is 23.5 Å². The molecule has 6 nitrogen and oxygen atoms in total. The van der Waals surface area contributed by atoms with Crippen molar-refractivity contribution in [1.82, 2.24) is 14.9 Å². The Morgan fingerprint density at radius 1 is 1.42 bits per heavy atom. The summed E-state index contributed by atoms with van der Waals surface area (Å²) in [7, 11) is -1.29. The molecule has 0 spiro atoms. The van der Waals surface area contributed by atoms with Crippen LogP contribution in [0, 0.1) is 0 Å². The maximum atomic E-state index is 12.3. The number of carbonyl (C=O) groups is 1. The molecule has 0 aliphatic carbocycles. The molecule has 8 heteroatoms. The first-order valence-electron chi connectivity index (χ1n) is 7.76. The number of hydrogen-bond acceptors (Lipinski definition) is 6. The number of hydrogen-bond donors (Lipinski definition) is 0. The molecule has 3 heterocycles. The number of sulfone groups is 1. The maximum absolute atomic E-state index is 12.3. The van der Waals surface area contributed by atoms with Crippen LogP contribution in [0.3, 0.4) is 0 Å². The molecule has 1 aliphatic rings. The summed E-state index contributed by atoms with van der Waals surface area (Å²) in [6, 6.07) is 5.48. The SMILES string of the molecule is CN(C(=O)CCc1csc(-c2ccccn2)n1)C1CCS(=O)(=O)C1. The average Bonchev–Trinajstić information content (AvgIpc) is 3.19. The summed E-state index contributed by atoms with van der Waals surface area (Å²) < 4.78 is 23.1. The lowest BCUT2D eigenvalue weighted by atomic mass is 10.2. The van der Waals surface area contributed by atoms with E-state index in [2.05, 4.69) is 9.97 Å². The van der Waals surface area contributed by atoms with Crippen LogP contribution in [0.4, 0.5) is 0 Å². The summed E-state index contributed by atoms with van der Waals surface area (Å²) in [5.74, 6) is 0.217. The van der Waals surface area contributed by atoms with Gasteiger partial charge in [0.1, 0.15) is 5.01 Å². The van der Waals surface area contributed by atoms with E-state index in [1.807, 2.05) is 23.6 Å². The highest BCUT2D eigenvalue weighted by atomic mass is 32.2. The average molecular weight is 365 g/mol. The quantitative estimate of drug-likeness (QED) is 0.807. The molecule has 0 bridgehead atoms. The standard InChI is InChI=1S/C16H19N3O3S2/c1-19(13-7-9-24(21,22)11-13)15(20)6-5-12-10-23-16(18-12)14-4-2-3-8-17-14/h2-4,8,10,13H,5-7,9,11H2,1H3. The third-order valence-electron chi connectivity index (χ3n) is 4.18. The van der Waals surface area contributed by atoms with E-state index in [4.69, 9.17) is 0 Å². The number of amides is 1. The molecule has 0 aromatic carbocycles. The van der Waals surface area contributed by atoms with Crippen LogP contribution in [0.25, 0.3) is 10.7 Å². The van der Waals surface area contributed by atoms with Crippen LogP contribution in [-0.4, -0.2) is 53.8 Å². The van der Waals surface area contributed by atoms with Crippen molar-refractivity contribution in [1.29, 1.82) is 0 Å². The van der Waals surface area contributed by atoms with E-state index in [1.54, 1.807) is 18.1 Å². The minimum Gasteiger partial charge on any atom is -0.342 e. The molecule has 2 aromatic heterocycles. The number of pyridine rings is 1. The van der Waals surface area contributed by atoms with Crippen LogP contribution >= 0.6 is 11.3 Å². The van der Waals surface area contributed by atoms with Gasteiger partial charge in [-0.3, -0.25) is 9.78 Å². The second-order valence-corrected chi connectivity index (χ2v) is 9.01. The van der Waals surface area contributed by atoms with Gasteiger partial charge < -0.3 is 4.90 Å². The third-order valence-corrected chi connectivity index (χ3v) is 6.84. The summed E-state index contributed by atoms with van der Waals surface area (Å²) in [5, 5.41) is 2.78. The molecule has 1 amide bonds. The van der Waals surface area contributed by atoms with E-state index < -0.39 is 9.84 Å². The van der Waals surface area contributed by atoms with Crippen LogP contribution in [0.5, 0.6) is 0 Å². The van der Waals surface area contributed by atoms with Gasteiger partial charge in [-0.15, -0.1) is 11.3 Å². The number of thiazole rings is 1. The Kier molecular flexibility index (Phi) is 4.96. The molecule has 1 aliphatic heterocycles. The summed E-state index contributed by atoms with van der Waals surface area (Å²) >= 11 is 1.51. The first-order chi connectivity index (χ1) is 11.4. The normalized spacial score (nSPS) is 19.3. The number of aryl methyl sites for hydroxylation is 1. The zero-order valence-corrected chi connectivity index (χ0v) is 15.0. The van der Waals surface area contributed by atoms with Gasteiger partial charge in [0.2, 0.25) is 5.91 Å². The van der Waals surface area contributed by atoms with Crippen molar-refractivity contribution in [3.63, 3.8) is 0 Å². The van der Waals surface area contributed by atoms with Crippen molar-refractivity contribution in [3.8, 4) is 10.7 Å². The molecular weight excluding hydrogens is 346 g/mol. The number of rotatable bonds is 5. The van der Waals surface area contributed by atoms with Crippen molar-refractivity contribution in [2.75, 3.05) is 18.6 Å². The van der Waals surface area contributed by atoms with Gasteiger partial charge in [0.05, 0.1) is 22.9 Å². The van der Waals surface area contributed by atoms with Crippen LogP contribution in [0.2, 0.25) is 0 Å². The number of carbonyl (C=O) groups excluding carboxylic acids is 1. The summed E-state index contributed by atoms with van der Waals surface area (Å²) in [6.07, 6.45) is 3.14. The first kappa shape index (κ1) is 17.0.